The molecule has 16 rings (SSSR count). The fourth-order valence-corrected chi connectivity index (χ4v) is 16.7. The van der Waals surface area contributed by atoms with Gasteiger partial charge in [0.25, 0.3) is 0 Å². The van der Waals surface area contributed by atoms with Crippen LogP contribution in [0.4, 0.5) is 34.1 Å². The molecular formula is C88H84N2O2. The zero-order chi connectivity index (χ0) is 62.5. The average molecular weight is 1200 g/mol. The quantitative estimate of drug-likeness (QED) is 0.102. The second kappa shape index (κ2) is 23.5. The molecule has 2 aromatic heterocycles. The van der Waals surface area contributed by atoms with Crippen LogP contribution in [0.15, 0.2) is 215 Å². The molecule has 0 unspecified atom stereocenters. The van der Waals surface area contributed by atoms with Gasteiger partial charge in [0.15, 0.2) is 11.2 Å². The lowest BCUT2D eigenvalue weighted by molar-refractivity contribution is 0.443. The van der Waals surface area contributed by atoms with Gasteiger partial charge < -0.3 is 18.6 Å². The fraction of sp³-hybridized carbons (Fsp3) is 0.273. The largest absolute Gasteiger partial charge is 0.453 e. The predicted octanol–water partition coefficient (Wildman–Crippen LogP) is 27.2. The lowest BCUT2D eigenvalue weighted by Crippen LogP contribution is -2.14. The molecule has 92 heavy (non-hydrogen) atoms. The molecule has 458 valence electrons. The first-order chi connectivity index (χ1) is 45.0. The van der Waals surface area contributed by atoms with Crippen molar-refractivity contribution in [1.82, 2.24) is 0 Å². The Bertz CT molecular complexity index is 4760. The Hall–Kier alpha value is -9.12. The van der Waals surface area contributed by atoms with Crippen molar-refractivity contribution < 1.29 is 8.83 Å². The summed E-state index contributed by atoms with van der Waals surface area (Å²) < 4.78 is 15.0. The van der Waals surface area contributed by atoms with Crippen LogP contribution in [-0.4, -0.2) is 0 Å². The molecule has 2 aliphatic rings. The van der Waals surface area contributed by atoms with Crippen LogP contribution in [0.25, 0.3) is 98.4 Å². The van der Waals surface area contributed by atoms with E-state index in [9.17, 15) is 0 Å². The van der Waals surface area contributed by atoms with Crippen LogP contribution in [0.3, 0.4) is 0 Å². The summed E-state index contributed by atoms with van der Waals surface area (Å²) in [6.07, 6.45) is 12.9. The van der Waals surface area contributed by atoms with Crippen LogP contribution in [0.5, 0.6) is 0 Å². The van der Waals surface area contributed by atoms with E-state index in [4.69, 9.17) is 8.83 Å². The van der Waals surface area contributed by atoms with Crippen molar-refractivity contribution >= 4 is 110 Å². The molecule has 4 nitrogen and oxygen atoms in total. The third-order valence-electron chi connectivity index (χ3n) is 21.3. The maximum absolute atomic E-state index is 7.50. The van der Waals surface area contributed by atoms with Gasteiger partial charge in [0.2, 0.25) is 0 Å². The molecule has 0 spiro atoms. The van der Waals surface area contributed by atoms with Gasteiger partial charge >= 0.3 is 0 Å². The molecule has 2 aliphatic carbocycles. The number of hydrogen-bond donors (Lipinski definition) is 0. The van der Waals surface area contributed by atoms with Crippen molar-refractivity contribution in [3.05, 3.63) is 240 Å². The Kier molecular flexibility index (Phi) is 14.8. The first-order valence-corrected chi connectivity index (χ1v) is 34.6. The van der Waals surface area contributed by atoms with Gasteiger partial charge in [-0.1, -0.05) is 252 Å². The van der Waals surface area contributed by atoms with Gasteiger partial charge in [-0.25, -0.2) is 0 Å². The second-order valence-corrected chi connectivity index (χ2v) is 28.2. The maximum atomic E-state index is 7.50. The monoisotopic (exact) mass is 1200 g/mol. The minimum Gasteiger partial charge on any atom is -0.453 e. The van der Waals surface area contributed by atoms with E-state index in [1.165, 1.54) is 141 Å². The Labute approximate surface area is 542 Å². The van der Waals surface area contributed by atoms with E-state index in [2.05, 4.69) is 271 Å². The summed E-state index contributed by atoms with van der Waals surface area (Å²) in [5.74, 6) is 2.30. The number of anilines is 6. The molecule has 4 heteroatoms. The SMILES string of the molecule is CC(C)c1ccccc1-c1cccc2c1oc1c(N(c3ccc(C4CCCCC4)cc3)c3cc(C(C)C)c4ccc5c(N(c6ccc(C7CCCCC7)cc6)c6cccc7c6oc6c(-c8ccccc8C(C)C)cccc67)cc(C(C)C)c6ccc3c4c65)cccc12. The summed E-state index contributed by atoms with van der Waals surface area (Å²) in [5, 5.41) is 12.1. The smallest absolute Gasteiger partial charge is 0.159 e. The third-order valence-corrected chi connectivity index (χ3v) is 21.3. The summed E-state index contributed by atoms with van der Waals surface area (Å²) in [5.41, 5.74) is 23.1. The van der Waals surface area contributed by atoms with Gasteiger partial charge in [-0.05, 0) is 176 Å². The zero-order valence-corrected chi connectivity index (χ0v) is 54.9. The number of benzene rings is 12. The van der Waals surface area contributed by atoms with E-state index >= 15 is 0 Å². The van der Waals surface area contributed by atoms with Crippen LogP contribution in [0, 0.1) is 0 Å². The standard InChI is InChI=1S/C88H84N2O2/c1-53(2)63-27-15-17-29-65(63)69-31-19-33-71-73-35-21-37-79(87(73)91-85(69)71)89(61-43-39-59(40-44-61)57-23-11-9-12-24-57)81-51-77(55(5)6)67-48-50-76-82(52-78(56(7)8)68-47-49-75(81)83(67)84(68)76)90(62-45-41-60(42-46-62)58-25-13-10-14-26-58)80-38-22-36-74-72-34-20-32-70(86(72)92-88(74)80)66-30-18-16-28-64(66)54(3)4/h15-22,27-58H,9-14,23-26H2,1-8H3. The summed E-state index contributed by atoms with van der Waals surface area (Å²) in [6, 6.07) is 78.9. The highest BCUT2D eigenvalue weighted by atomic mass is 16.3. The van der Waals surface area contributed by atoms with Gasteiger partial charge in [0.05, 0.1) is 22.7 Å². The maximum Gasteiger partial charge on any atom is 0.159 e. The lowest BCUT2D eigenvalue weighted by atomic mass is 9.83. The van der Waals surface area contributed by atoms with Crippen molar-refractivity contribution in [1.29, 1.82) is 0 Å². The summed E-state index contributed by atoms with van der Waals surface area (Å²) in [4.78, 5) is 5.10. The molecule has 0 bridgehead atoms. The molecule has 0 radical (unpaired) electrons. The number of para-hydroxylation sites is 4. The van der Waals surface area contributed by atoms with Crippen molar-refractivity contribution in [2.45, 2.75) is 155 Å². The normalized spacial score (nSPS) is 14.6. The van der Waals surface area contributed by atoms with Crippen LogP contribution < -0.4 is 9.80 Å². The molecule has 12 aromatic carbocycles. The molecule has 0 atom stereocenters. The fourth-order valence-electron chi connectivity index (χ4n) is 16.7. The van der Waals surface area contributed by atoms with Crippen molar-refractivity contribution in [3.8, 4) is 22.3 Å². The topological polar surface area (TPSA) is 32.8 Å². The van der Waals surface area contributed by atoms with Gasteiger partial charge in [-0.3, -0.25) is 0 Å². The Morgan fingerprint density at radius 1 is 0.283 bits per heavy atom. The highest BCUT2D eigenvalue weighted by Crippen LogP contribution is 2.55. The molecule has 0 aliphatic heterocycles. The van der Waals surface area contributed by atoms with E-state index in [1.54, 1.807) is 0 Å². The number of fused-ring (bicyclic) bond motifs is 6. The van der Waals surface area contributed by atoms with Crippen LogP contribution in [0.2, 0.25) is 0 Å². The van der Waals surface area contributed by atoms with E-state index < -0.39 is 0 Å². The van der Waals surface area contributed by atoms with Crippen molar-refractivity contribution in [2.75, 3.05) is 9.80 Å². The third kappa shape index (κ3) is 9.68. The number of furan rings is 2. The molecule has 2 saturated carbocycles. The van der Waals surface area contributed by atoms with Gasteiger partial charge in [0, 0.05) is 54.8 Å². The minimum absolute atomic E-state index is 0.214. The second-order valence-electron chi connectivity index (χ2n) is 28.2. The summed E-state index contributed by atoms with van der Waals surface area (Å²) in [6.45, 7) is 18.7. The van der Waals surface area contributed by atoms with Crippen molar-refractivity contribution in [3.63, 3.8) is 0 Å². The van der Waals surface area contributed by atoms with E-state index in [0.717, 1.165) is 89.1 Å². The van der Waals surface area contributed by atoms with Crippen LogP contribution >= 0.6 is 0 Å². The van der Waals surface area contributed by atoms with Crippen LogP contribution in [-0.2, 0) is 0 Å². The molecule has 2 fully saturated rings. The number of hydrogen-bond acceptors (Lipinski definition) is 4. The summed E-state index contributed by atoms with van der Waals surface area (Å²) >= 11 is 0. The van der Waals surface area contributed by atoms with Gasteiger partial charge in [-0.15, -0.1) is 0 Å². The van der Waals surface area contributed by atoms with E-state index in [-0.39, 0.29) is 11.8 Å². The van der Waals surface area contributed by atoms with Gasteiger partial charge in [0.1, 0.15) is 11.2 Å². The minimum atomic E-state index is 0.214. The molecule has 0 N–H and O–H groups in total. The first-order valence-electron chi connectivity index (χ1n) is 34.6. The Morgan fingerprint density at radius 2 is 0.620 bits per heavy atom. The zero-order valence-electron chi connectivity index (χ0n) is 54.9. The molecule has 0 saturated heterocycles. The van der Waals surface area contributed by atoms with Gasteiger partial charge in [-0.2, -0.15) is 0 Å². The average Bonchev–Trinajstić information content (AvgIpc) is 0.889. The Morgan fingerprint density at radius 3 is 1.00 bits per heavy atom. The highest BCUT2D eigenvalue weighted by Gasteiger charge is 2.31. The highest BCUT2D eigenvalue weighted by molar-refractivity contribution is 6.30. The predicted molar refractivity (Wildman–Crippen MR) is 393 cm³/mol. The Balaban J connectivity index is 0.965. The van der Waals surface area contributed by atoms with Crippen molar-refractivity contribution in [2.24, 2.45) is 0 Å². The van der Waals surface area contributed by atoms with Crippen LogP contribution in [0.1, 0.15) is 188 Å². The lowest BCUT2D eigenvalue weighted by Gasteiger charge is -2.32. The number of rotatable bonds is 14. The molecule has 2 heterocycles. The first kappa shape index (κ1) is 58.0. The summed E-state index contributed by atoms with van der Waals surface area (Å²) in [7, 11) is 0. The van der Waals surface area contributed by atoms with E-state index in [0.29, 0.717) is 23.7 Å². The molecule has 0 amide bonds. The molecular weight excluding hydrogens is 1120 g/mol. The molecule has 14 aromatic rings. The van der Waals surface area contributed by atoms with E-state index in [1.807, 2.05) is 0 Å². The number of nitrogens with zero attached hydrogens (tertiary/aromatic N) is 2.